The van der Waals surface area contributed by atoms with Crippen LogP contribution in [0.5, 0.6) is 0 Å². The fraction of sp³-hybridized carbons (Fsp3) is 0.569. The van der Waals surface area contributed by atoms with Crippen molar-refractivity contribution in [2.75, 3.05) is 0 Å². The third kappa shape index (κ3) is 7.92. The monoisotopic (exact) mass is 715 g/mol. The van der Waals surface area contributed by atoms with Crippen LogP contribution in [0.15, 0.2) is 78.4 Å². The largest absolute Gasteiger partial charge is 0.155 e. The van der Waals surface area contributed by atoms with Crippen LogP contribution >= 0.6 is 0 Å². The standard InChI is InChI=1S/C51H74Si/c1-46(2,3)35-25-36(47(4,5)6)29-41(28-35)52(45-24-23-34-21-19-20-22-44(34)45,42-30-37(48(7,8)9)26-38(31-42)49(10,11)12)43-32-39(50(13,14)15)27-40(33-43)51(16,17)18/h19-20,22,25-34,45H,21,23-24H2,1-18H3. The highest BCUT2D eigenvalue weighted by molar-refractivity contribution is 7.13. The van der Waals surface area contributed by atoms with Gasteiger partial charge in [-0.1, -0.05) is 203 Å². The van der Waals surface area contributed by atoms with E-state index in [-0.39, 0.29) is 32.5 Å². The molecule has 5 rings (SSSR count). The first-order chi connectivity index (χ1) is 23.5. The maximum absolute atomic E-state index is 2.86. The fourth-order valence-corrected chi connectivity index (χ4v) is 14.6. The maximum Gasteiger partial charge on any atom is 0.155 e. The summed E-state index contributed by atoms with van der Waals surface area (Å²) in [5.41, 5.74) is 11.1. The van der Waals surface area contributed by atoms with Crippen LogP contribution in [0.1, 0.15) is 177 Å². The van der Waals surface area contributed by atoms with Crippen LogP contribution in [0.3, 0.4) is 0 Å². The van der Waals surface area contributed by atoms with E-state index in [1.165, 1.54) is 52.6 Å². The molecule has 0 amide bonds. The van der Waals surface area contributed by atoms with E-state index in [0.29, 0.717) is 11.5 Å². The summed E-state index contributed by atoms with van der Waals surface area (Å²) in [6.07, 6.45) is 11.1. The molecule has 0 heterocycles. The van der Waals surface area contributed by atoms with E-state index in [2.05, 4.69) is 197 Å². The van der Waals surface area contributed by atoms with Crippen molar-refractivity contribution in [3.05, 3.63) is 112 Å². The van der Waals surface area contributed by atoms with Crippen LogP contribution in [0.4, 0.5) is 0 Å². The Morgan fingerprint density at radius 2 is 0.692 bits per heavy atom. The Hall–Kier alpha value is -2.64. The molecule has 2 aliphatic carbocycles. The predicted octanol–water partition coefficient (Wildman–Crippen LogP) is 12.6. The average molecular weight is 715 g/mol. The zero-order valence-corrected chi connectivity index (χ0v) is 37.7. The quantitative estimate of drug-likeness (QED) is 0.186. The van der Waals surface area contributed by atoms with Gasteiger partial charge in [-0.3, -0.25) is 0 Å². The highest BCUT2D eigenvalue weighted by Gasteiger charge is 2.53. The van der Waals surface area contributed by atoms with Crippen molar-refractivity contribution >= 4 is 23.6 Å². The van der Waals surface area contributed by atoms with E-state index >= 15 is 0 Å². The Bertz CT molecular complexity index is 1570. The molecule has 52 heavy (non-hydrogen) atoms. The van der Waals surface area contributed by atoms with Gasteiger partial charge in [-0.2, -0.15) is 0 Å². The molecular weight excluding hydrogens is 641 g/mol. The first kappa shape index (κ1) is 40.5. The maximum atomic E-state index is 2.70. The molecule has 2 unspecified atom stereocenters. The molecule has 0 saturated heterocycles. The highest BCUT2D eigenvalue weighted by atomic mass is 28.3. The number of rotatable bonds is 4. The summed E-state index contributed by atoms with van der Waals surface area (Å²) in [6, 6.07) is 23.8. The Balaban J connectivity index is 2.14. The van der Waals surface area contributed by atoms with E-state index < -0.39 is 8.07 Å². The number of hydrogen-bond donors (Lipinski definition) is 0. The van der Waals surface area contributed by atoms with Crippen LogP contribution in [0.25, 0.3) is 0 Å². The van der Waals surface area contributed by atoms with Gasteiger partial charge < -0.3 is 0 Å². The highest BCUT2D eigenvalue weighted by Crippen LogP contribution is 2.50. The van der Waals surface area contributed by atoms with Gasteiger partial charge in [0.1, 0.15) is 0 Å². The Morgan fingerprint density at radius 1 is 0.404 bits per heavy atom. The molecule has 0 nitrogen and oxygen atoms in total. The SMILES string of the molecule is CC(C)(C)c1cc(C(C)(C)C)cc([Si](c2cc(C(C)(C)C)cc(C(C)(C)C)c2)(c2cc(C(C)(C)C)cc(C(C)(C)C)c2)C2CCC3CC=CC=C32)c1. The van der Waals surface area contributed by atoms with Crippen LogP contribution in [0, 0.1) is 5.92 Å². The van der Waals surface area contributed by atoms with Gasteiger partial charge in [-0.15, -0.1) is 0 Å². The predicted molar refractivity (Wildman–Crippen MR) is 234 cm³/mol. The molecule has 0 N–H and O–H groups in total. The van der Waals surface area contributed by atoms with Gasteiger partial charge in [-0.25, -0.2) is 0 Å². The summed E-state index contributed by atoms with van der Waals surface area (Å²) in [6.45, 7) is 43.5. The molecule has 2 atom stereocenters. The van der Waals surface area contributed by atoms with Crippen LogP contribution in [-0.4, -0.2) is 8.07 Å². The second kappa shape index (κ2) is 13.3. The molecule has 1 heteroatoms. The first-order valence-electron chi connectivity index (χ1n) is 20.4. The molecule has 0 bridgehead atoms. The van der Waals surface area contributed by atoms with Crippen molar-refractivity contribution in [1.29, 1.82) is 0 Å². The smallest absolute Gasteiger partial charge is 0.0839 e. The van der Waals surface area contributed by atoms with E-state index in [1.54, 1.807) is 21.1 Å². The molecule has 282 valence electrons. The third-order valence-corrected chi connectivity index (χ3v) is 17.7. The lowest BCUT2D eigenvalue weighted by Gasteiger charge is -2.44. The molecular formula is C51H74Si. The molecule has 0 aliphatic heterocycles. The minimum absolute atomic E-state index is 0.0227. The lowest BCUT2D eigenvalue weighted by molar-refractivity contribution is 0.569. The summed E-state index contributed by atoms with van der Waals surface area (Å²) in [5.74, 6) is 0.635. The fourth-order valence-electron chi connectivity index (χ4n) is 8.65. The summed E-state index contributed by atoms with van der Waals surface area (Å²) in [5, 5.41) is 4.80. The number of hydrogen-bond acceptors (Lipinski definition) is 0. The first-order valence-corrected chi connectivity index (χ1v) is 22.5. The minimum Gasteiger partial charge on any atom is -0.0839 e. The summed E-state index contributed by atoms with van der Waals surface area (Å²) in [7, 11) is -2.86. The Morgan fingerprint density at radius 3 is 0.962 bits per heavy atom. The van der Waals surface area contributed by atoms with Gasteiger partial charge in [0.15, 0.2) is 8.07 Å². The molecule has 1 saturated carbocycles. The third-order valence-electron chi connectivity index (χ3n) is 12.4. The number of allylic oxidation sites excluding steroid dienone is 4. The van der Waals surface area contributed by atoms with E-state index in [9.17, 15) is 0 Å². The van der Waals surface area contributed by atoms with Crippen molar-refractivity contribution in [1.82, 2.24) is 0 Å². The van der Waals surface area contributed by atoms with Crippen LogP contribution < -0.4 is 15.6 Å². The Kier molecular flexibility index (Phi) is 10.4. The van der Waals surface area contributed by atoms with Gasteiger partial charge in [0, 0.05) is 0 Å². The topological polar surface area (TPSA) is 0 Å². The second-order valence-corrected chi connectivity index (χ2v) is 26.9. The summed E-state index contributed by atoms with van der Waals surface area (Å²) >= 11 is 0. The van der Waals surface area contributed by atoms with Crippen molar-refractivity contribution in [2.45, 2.75) is 182 Å². The lowest BCUT2D eigenvalue weighted by Crippen LogP contribution is -2.70. The van der Waals surface area contributed by atoms with Crippen LogP contribution in [0.2, 0.25) is 5.54 Å². The van der Waals surface area contributed by atoms with Gasteiger partial charge in [0.2, 0.25) is 0 Å². The second-order valence-electron chi connectivity index (χ2n) is 22.9. The minimum atomic E-state index is -2.86. The molecule has 3 aromatic rings. The average Bonchev–Trinajstić information content (AvgIpc) is 3.43. The van der Waals surface area contributed by atoms with Crippen molar-refractivity contribution in [3.8, 4) is 0 Å². The molecule has 0 radical (unpaired) electrons. The molecule has 2 aliphatic rings. The van der Waals surface area contributed by atoms with Crippen LogP contribution in [-0.2, 0) is 32.5 Å². The van der Waals surface area contributed by atoms with Gasteiger partial charge in [0.05, 0.1) is 0 Å². The lowest BCUT2D eigenvalue weighted by atomic mass is 9.80. The van der Waals surface area contributed by atoms with Gasteiger partial charge in [-0.05, 0) is 112 Å². The molecule has 1 fully saturated rings. The van der Waals surface area contributed by atoms with Crippen molar-refractivity contribution in [3.63, 3.8) is 0 Å². The summed E-state index contributed by atoms with van der Waals surface area (Å²) in [4.78, 5) is 0. The van der Waals surface area contributed by atoms with Gasteiger partial charge in [0.25, 0.3) is 0 Å². The van der Waals surface area contributed by atoms with E-state index in [1.807, 2.05) is 0 Å². The van der Waals surface area contributed by atoms with Gasteiger partial charge >= 0.3 is 0 Å². The summed E-state index contributed by atoms with van der Waals surface area (Å²) < 4.78 is 0. The zero-order chi connectivity index (χ0) is 39.0. The van der Waals surface area contributed by atoms with E-state index in [0.717, 1.165) is 0 Å². The zero-order valence-electron chi connectivity index (χ0n) is 36.7. The number of fused-ring (bicyclic) bond motifs is 1. The molecule has 0 aromatic heterocycles. The molecule has 3 aromatic carbocycles. The van der Waals surface area contributed by atoms with E-state index in [4.69, 9.17) is 0 Å². The molecule has 0 spiro atoms. The van der Waals surface area contributed by atoms with Crippen molar-refractivity contribution in [2.24, 2.45) is 5.92 Å². The number of benzene rings is 3. The van der Waals surface area contributed by atoms with Crippen molar-refractivity contribution < 1.29 is 0 Å². The Labute approximate surface area is 322 Å². The normalized spacial score (nSPS) is 19.2.